The fourth-order valence-electron chi connectivity index (χ4n) is 2.94. The number of carbonyl (C=O) groups is 1. The first kappa shape index (κ1) is 13.8. The van der Waals surface area contributed by atoms with Crippen LogP contribution in [0.1, 0.15) is 42.7 Å². The van der Waals surface area contributed by atoms with Crippen molar-refractivity contribution in [2.75, 3.05) is 18.9 Å². The predicted molar refractivity (Wildman–Crippen MR) is 81.2 cm³/mol. The SMILES string of the molecule is CN1CCc2nc(NC(=O)NC3CCCCC3)sc2C1. The molecule has 1 aliphatic heterocycles. The van der Waals surface area contributed by atoms with E-state index in [0.717, 1.165) is 43.2 Å². The number of carbonyl (C=O) groups excluding carboxylic acids is 1. The van der Waals surface area contributed by atoms with Crippen LogP contribution >= 0.6 is 11.3 Å². The summed E-state index contributed by atoms with van der Waals surface area (Å²) in [5.74, 6) is 0. The molecule has 1 aliphatic carbocycles. The van der Waals surface area contributed by atoms with Crippen molar-refractivity contribution in [3.63, 3.8) is 0 Å². The molecule has 3 rings (SSSR count). The van der Waals surface area contributed by atoms with Crippen molar-refractivity contribution < 1.29 is 4.79 Å². The third kappa shape index (κ3) is 3.30. The third-order valence-corrected chi connectivity index (χ3v) is 5.08. The summed E-state index contributed by atoms with van der Waals surface area (Å²) in [7, 11) is 2.12. The van der Waals surface area contributed by atoms with Gasteiger partial charge < -0.3 is 10.2 Å². The van der Waals surface area contributed by atoms with E-state index in [0.29, 0.717) is 6.04 Å². The zero-order valence-corrected chi connectivity index (χ0v) is 12.8. The summed E-state index contributed by atoms with van der Waals surface area (Å²) in [5, 5.41) is 6.70. The quantitative estimate of drug-likeness (QED) is 0.881. The fourth-order valence-corrected chi connectivity index (χ4v) is 4.03. The van der Waals surface area contributed by atoms with Crippen molar-refractivity contribution in [1.82, 2.24) is 15.2 Å². The highest BCUT2D eigenvalue weighted by Gasteiger charge is 2.20. The number of hydrogen-bond donors (Lipinski definition) is 2. The van der Waals surface area contributed by atoms with Crippen LogP contribution in [0.5, 0.6) is 0 Å². The second-order valence-electron chi connectivity index (χ2n) is 5.81. The maximum Gasteiger partial charge on any atom is 0.321 e. The first-order valence-electron chi connectivity index (χ1n) is 7.45. The molecule has 1 aromatic heterocycles. The Morgan fingerprint density at radius 1 is 1.35 bits per heavy atom. The van der Waals surface area contributed by atoms with Gasteiger partial charge in [-0.3, -0.25) is 5.32 Å². The van der Waals surface area contributed by atoms with E-state index in [9.17, 15) is 4.79 Å². The first-order valence-corrected chi connectivity index (χ1v) is 8.27. The number of anilines is 1. The highest BCUT2D eigenvalue weighted by molar-refractivity contribution is 7.15. The monoisotopic (exact) mass is 294 g/mol. The third-order valence-electron chi connectivity index (χ3n) is 4.08. The number of likely N-dealkylation sites (N-methyl/N-ethyl adjacent to an activating group) is 1. The molecule has 20 heavy (non-hydrogen) atoms. The fraction of sp³-hybridized carbons (Fsp3) is 0.714. The van der Waals surface area contributed by atoms with Gasteiger partial charge in [0.15, 0.2) is 5.13 Å². The van der Waals surface area contributed by atoms with Crippen LogP contribution < -0.4 is 10.6 Å². The van der Waals surface area contributed by atoms with E-state index in [1.165, 1.54) is 24.1 Å². The number of fused-ring (bicyclic) bond motifs is 1. The molecule has 1 saturated carbocycles. The minimum Gasteiger partial charge on any atom is -0.335 e. The lowest BCUT2D eigenvalue weighted by Crippen LogP contribution is -2.39. The minimum atomic E-state index is -0.101. The Labute approximate surface area is 123 Å². The van der Waals surface area contributed by atoms with Gasteiger partial charge in [-0.15, -0.1) is 11.3 Å². The van der Waals surface area contributed by atoms with E-state index >= 15 is 0 Å². The average molecular weight is 294 g/mol. The first-order chi connectivity index (χ1) is 9.70. The standard InChI is InChI=1S/C14H22N4OS/c1-18-8-7-11-12(9-18)20-14(16-11)17-13(19)15-10-5-3-2-4-6-10/h10H,2-9H2,1H3,(H2,15,16,17,19). The van der Waals surface area contributed by atoms with Crippen molar-refractivity contribution in [3.05, 3.63) is 10.6 Å². The topological polar surface area (TPSA) is 57.3 Å². The van der Waals surface area contributed by atoms with Crippen LogP contribution in [0.15, 0.2) is 0 Å². The van der Waals surface area contributed by atoms with Crippen LogP contribution in [0, 0.1) is 0 Å². The normalized spacial score (nSPS) is 20.4. The highest BCUT2D eigenvalue weighted by atomic mass is 32.1. The van der Waals surface area contributed by atoms with E-state index < -0.39 is 0 Å². The maximum atomic E-state index is 12.0. The van der Waals surface area contributed by atoms with Crippen molar-refractivity contribution in [3.8, 4) is 0 Å². The molecule has 2 amide bonds. The van der Waals surface area contributed by atoms with Gasteiger partial charge in [0.05, 0.1) is 5.69 Å². The van der Waals surface area contributed by atoms with Crippen LogP contribution in [-0.4, -0.2) is 35.5 Å². The smallest absolute Gasteiger partial charge is 0.321 e. The zero-order chi connectivity index (χ0) is 13.9. The molecule has 110 valence electrons. The van der Waals surface area contributed by atoms with Crippen LogP contribution in [0.4, 0.5) is 9.93 Å². The number of amides is 2. The Morgan fingerprint density at radius 2 is 2.15 bits per heavy atom. The number of nitrogens with one attached hydrogen (secondary N) is 2. The molecular formula is C14H22N4OS. The Balaban J connectivity index is 1.56. The van der Waals surface area contributed by atoms with Gasteiger partial charge in [0.2, 0.25) is 0 Å². The molecule has 2 N–H and O–H groups in total. The molecule has 0 atom stereocenters. The van der Waals surface area contributed by atoms with Crippen LogP contribution in [0.25, 0.3) is 0 Å². The summed E-state index contributed by atoms with van der Waals surface area (Å²) in [6.07, 6.45) is 6.94. The Kier molecular flexibility index (Phi) is 4.21. The predicted octanol–water partition coefficient (Wildman–Crippen LogP) is 2.59. The van der Waals surface area contributed by atoms with Gasteiger partial charge >= 0.3 is 6.03 Å². The summed E-state index contributed by atoms with van der Waals surface area (Å²) >= 11 is 1.60. The van der Waals surface area contributed by atoms with Crippen molar-refractivity contribution in [2.24, 2.45) is 0 Å². The van der Waals surface area contributed by atoms with E-state index in [2.05, 4.69) is 27.6 Å². The molecule has 5 nitrogen and oxygen atoms in total. The number of hydrogen-bond acceptors (Lipinski definition) is 4. The van der Waals surface area contributed by atoms with E-state index in [1.54, 1.807) is 11.3 Å². The molecular weight excluding hydrogens is 272 g/mol. The van der Waals surface area contributed by atoms with Gasteiger partial charge in [-0.1, -0.05) is 19.3 Å². The number of nitrogens with zero attached hydrogens (tertiary/aromatic N) is 2. The lowest BCUT2D eigenvalue weighted by atomic mass is 9.96. The zero-order valence-electron chi connectivity index (χ0n) is 11.9. The largest absolute Gasteiger partial charge is 0.335 e. The molecule has 6 heteroatoms. The Hall–Kier alpha value is -1.14. The number of aromatic nitrogens is 1. The van der Waals surface area contributed by atoms with Gasteiger partial charge in [-0.25, -0.2) is 9.78 Å². The summed E-state index contributed by atoms with van der Waals surface area (Å²) in [4.78, 5) is 20.1. The van der Waals surface area contributed by atoms with Crippen molar-refractivity contribution in [1.29, 1.82) is 0 Å². The second kappa shape index (κ2) is 6.10. The van der Waals surface area contributed by atoms with Crippen molar-refractivity contribution >= 4 is 22.5 Å². The molecule has 2 aliphatic rings. The summed E-state index contributed by atoms with van der Waals surface area (Å²) in [6, 6.07) is 0.237. The van der Waals surface area contributed by atoms with Gasteiger partial charge in [-0.2, -0.15) is 0 Å². The molecule has 2 heterocycles. The lowest BCUT2D eigenvalue weighted by Gasteiger charge is -2.22. The second-order valence-corrected chi connectivity index (χ2v) is 6.89. The Bertz CT molecular complexity index is 482. The van der Waals surface area contributed by atoms with E-state index in [-0.39, 0.29) is 6.03 Å². The number of thiazole rings is 1. The van der Waals surface area contributed by atoms with Crippen molar-refractivity contribution in [2.45, 2.75) is 51.1 Å². The van der Waals surface area contributed by atoms with Crippen LogP contribution in [0.3, 0.4) is 0 Å². The lowest BCUT2D eigenvalue weighted by molar-refractivity contribution is 0.244. The van der Waals surface area contributed by atoms with E-state index in [4.69, 9.17) is 0 Å². The summed E-state index contributed by atoms with van der Waals surface area (Å²) in [6.45, 7) is 1.99. The molecule has 0 spiro atoms. The highest BCUT2D eigenvalue weighted by Crippen LogP contribution is 2.27. The summed E-state index contributed by atoms with van der Waals surface area (Å²) < 4.78 is 0. The summed E-state index contributed by atoms with van der Waals surface area (Å²) in [5.41, 5.74) is 1.15. The van der Waals surface area contributed by atoms with Gasteiger partial charge in [0.25, 0.3) is 0 Å². The molecule has 0 unspecified atom stereocenters. The van der Waals surface area contributed by atoms with Gasteiger partial charge in [0, 0.05) is 30.4 Å². The molecule has 0 radical (unpaired) electrons. The molecule has 0 bridgehead atoms. The number of urea groups is 1. The maximum absolute atomic E-state index is 12.0. The van der Waals surface area contributed by atoms with E-state index in [1.807, 2.05) is 0 Å². The number of rotatable bonds is 2. The molecule has 0 saturated heterocycles. The van der Waals surface area contributed by atoms with Gasteiger partial charge in [-0.05, 0) is 19.9 Å². The minimum absolute atomic E-state index is 0.101. The average Bonchev–Trinajstić information content (AvgIpc) is 2.80. The molecule has 1 aromatic rings. The Morgan fingerprint density at radius 3 is 2.95 bits per heavy atom. The van der Waals surface area contributed by atoms with Crippen LogP contribution in [-0.2, 0) is 13.0 Å². The van der Waals surface area contributed by atoms with Crippen LogP contribution in [0.2, 0.25) is 0 Å². The molecule has 0 aromatic carbocycles. The van der Waals surface area contributed by atoms with Gasteiger partial charge in [0.1, 0.15) is 0 Å². The molecule has 1 fully saturated rings.